The monoisotopic (exact) mass is 460 g/mol. The van der Waals surface area contributed by atoms with Crippen molar-refractivity contribution in [2.24, 2.45) is 0 Å². The number of hydrogen-bond donors (Lipinski definition) is 1. The van der Waals surface area contributed by atoms with Gasteiger partial charge in [0, 0.05) is 0 Å². The maximum absolute atomic E-state index is 11.1. The number of nitro groups is 1. The molecule has 0 fully saturated rings. The second kappa shape index (κ2) is 4.81. The predicted molar refractivity (Wildman–Crippen MR) is 73.6 cm³/mol. The fraction of sp³-hybridized carbons (Fsp3) is 0. The molecule has 0 aliphatic carbocycles. The van der Waals surface area contributed by atoms with Crippen LogP contribution in [0.1, 0.15) is 0 Å². The van der Waals surface area contributed by atoms with Crippen molar-refractivity contribution in [2.75, 3.05) is 0 Å². The summed E-state index contributed by atoms with van der Waals surface area (Å²) < 4.78 is 1.82. The van der Waals surface area contributed by atoms with Crippen LogP contribution >= 0.6 is 0 Å². The van der Waals surface area contributed by atoms with Crippen LogP contribution in [0.3, 0.4) is 0 Å². The molecule has 8 heteroatoms. The Labute approximate surface area is 128 Å². The first-order valence-electron chi connectivity index (χ1n) is 5.67. The molecule has 3 rings (SSSR count). The number of nitrogens with zero attached hydrogens (tertiary/aromatic N) is 3. The minimum atomic E-state index is -0.428. The maximum atomic E-state index is 11.1. The Morgan fingerprint density at radius 1 is 1.30 bits per heavy atom. The van der Waals surface area contributed by atoms with E-state index in [9.17, 15) is 14.9 Å². The topological polar surface area (TPSA) is 93.8 Å². The Balaban J connectivity index is 2.29. The zero-order valence-corrected chi connectivity index (χ0v) is 14.6. The third-order valence-corrected chi connectivity index (χ3v) is 4.49. The Morgan fingerprint density at radius 3 is 2.75 bits per heavy atom. The van der Waals surface area contributed by atoms with Gasteiger partial charge in [-0.1, -0.05) is 0 Å². The van der Waals surface area contributed by atoms with E-state index in [-0.39, 0.29) is 11.2 Å². The standard InChI is InChI=1S/C12H8N4O3.Tl/c17-11-4-1-7(6-13-11)12-9-5-8(16(18)19)2-3-10(9)14-15-12;/h1-6H,(H2,13,14,15,17);/q;+1/p-1. The molecule has 0 saturated carbocycles. The Hall–Kier alpha value is -2.04. The van der Waals surface area contributed by atoms with Crippen LogP contribution in [0.25, 0.3) is 22.2 Å². The van der Waals surface area contributed by atoms with Crippen LogP contribution in [0.4, 0.5) is 5.69 Å². The van der Waals surface area contributed by atoms with Gasteiger partial charge >= 0.3 is 128 Å². The molecular weight excluding hydrogens is 453 g/mol. The molecule has 0 unspecified atom stereocenters. The van der Waals surface area contributed by atoms with Gasteiger partial charge in [0.15, 0.2) is 0 Å². The minimum absolute atomic E-state index is 0.0289. The molecule has 0 amide bonds. The number of aromatic nitrogens is 3. The van der Waals surface area contributed by atoms with Crippen molar-refractivity contribution in [1.82, 2.24) is 12.6 Å². The van der Waals surface area contributed by atoms with Gasteiger partial charge in [-0.15, -0.1) is 0 Å². The van der Waals surface area contributed by atoms with E-state index in [1.807, 2.05) is 2.49 Å². The molecule has 2 heterocycles. The molecule has 0 aliphatic rings. The zero-order chi connectivity index (χ0) is 14.3. The van der Waals surface area contributed by atoms with Crippen LogP contribution in [0.5, 0.6) is 0 Å². The summed E-state index contributed by atoms with van der Waals surface area (Å²) in [7, 11) is 0. The number of nitro benzene ring substituents is 1. The summed E-state index contributed by atoms with van der Waals surface area (Å²) >= 11 is 0.445. The van der Waals surface area contributed by atoms with Gasteiger partial charge < -0.3 is 0 Å². The van der Waals surface area contributed by atoms with Crippen LogP contribution in [-0.4, -0.2) is 43.6 Å². The summed E-state index contributed by atoms with van der Waals surface area (Å²) in [5, 5.41) is 16.0. The number of pyridine rings is 1. The summed E-state index contributed by atoms with van der Waals surface area (Å²) in [6, 6.07) is 7.76. The van der Waals surface area contributed by atoms with Gasteiger partial charge in [-0.25, -0.2) is 0 Å². The second-order valence-corrected chi connectivity index (χ2v) is 6.09. The summed E-state index contributed by atoms with van der Waals surface area (Å²) in [5.41, 5.74) is 2.07. The van der Waals surface area contributed by atoms with E-state index in [1.165, 1.54) is 18.2 Å². The molecule has 0 saturated heterocycles. The fourth-order valence-electron chi connectivity index (χ4n) is 2.01. The fourth-order valence-corrected chi connectivity index (χ4v) is 3.34. The van der Waals surface area contributed by atoms with Crippen LogP contribution < -0.4 is 5.56 Å². The van der Waals surface area contributed by atoms with E-state index >= 15 is 0 Å². The molecule has 0 bridgehead atoms. The average molecular weight is 460 g/mol. The Kier molecular flexibility index (Phi) is 3.12. The van der Waals surface area contributed by atoms with Crippen LogP contribution in [0, 0.1) is 10.1 Å². The van der Waals surface area contributed by atoms with Gasteiger partial charge in [-0.3, -0.25) is 0 Å². The van der Waals surface area contributed by atoms with Crippen molar-refractivity contribution in [3.05, 3.63) is 57.0 Å². The number of aromatic amines is 1. The quantitative estimate of drug-likeness (QED) is 0.354. The molecule has 96 valence electrons. The molecular formula is C12H7N4O3Tl. The summed E-state index contributed by atoms with van der Waals surface area (Å²) in [6.45, 7) is 0. The molecule has 7 nitrogen and oxygen atoms in total. The van der Waals surface area contributed by atoms with E-state index in [1.54, 1.807) is 18.3 Å². The van der Waals surface area contributed by atoms with E-state index in [4.69, 9.17) is 0 Å². The first kappa shape index (κ1) is 13.0. The number of nitrogens with one attached hydrogen (secondary N) is 1. The summed E-state index contributed by atoms with van der Waals surface area (Å²) in [4.78, 5) is 24.1. The number of benzene rings is 1. The molecule has 0 atom stereocenters. The first-order chi connectivity index (χ1) is 9.56. The van der Waals surface area contributed by atoms with Crippen molar-refractivity contribution < 1.29 is 4.92 Å². The van der Waals surface area contributed by atoms with Crippen molar-refractivity contribution in [3.63, 3.8) is 0 Å². The van der Waals surface area contributed by atoms with Crippen molar-refractivity contribution in [1.29, 1.82) is 0 Å². The van der Waals surface area contributed by atoms with Gasteiger partial charge in [0.2, 0.25) is 0 Å². The normalized spacial score (nSPS) is 10.8. The van der Waals surface area contributed by atoms with Gasteiger partial charge in [0.25, 0.3) is 0 Å². The van der Waals surface area contributed by atoms with Gasteiger partial charge in [0.05, 0.1) is 0 Å². The number of hydrogen-bond acceptors (Lipinski definition) is 4. The van der Waals surface area contributed by atoms with Crippen LogP contribution in [0.2, 0.25) is 0 Å². The molecule has 1 N–H and O–H groups in total. The predicted octanol–water partition coefficient (Wildman–Crippen LogP) is 1.23. The van der Waals surface area contributed by atoms with E-state index < -0.39 is 4.92 Å². The van der Waals surface area contributed by atoms with Gasteiger partial charge in [-0.05, 0) is 0 Å². The SMILES string of the molecule is O=c1ccc(-c2n[n]([Tl])c3ccc([N+](=O)[O-])cc23)c[nH]1. The van der Waals surface area contributed by atoms with Gasteiger partial charge in [0.1, 0.15) is 0 Å². The molecule has 0 spiro atoms. The van der Waals surface area contributed by atoms with Crippen LogP contribution in [-0.2, 0) is 0 Å². The number of H-pyrrole nitrogens is 1. The summed E-state index contributed by atoms with van der Waals surface area (Å²) in [6.07, 6.45) is 1.56. The molecule has 20 heavy (non-hydrogen) atoms. The van der Waals surface area contributed by atoms with Crippen molar-refractivity contribution in [3.8, 4) is 11.3 Å². The number of fused-ring (bicyclic) bond motifs is 1. The van der Waals surface area contributed by atoms with E-state index in [2.05, 4.69) is 10.1 Å². The van der Waals surface area contributed by atoms with Crippen molar-refractivity contribution in [2.45, 2.75) is 0 Å². The summed E-state index contributed by atoms with van der Waals surface area (Å²) in [5.74, 6) is 0. The van der Waals surface area contributed by atoms with Crippen molar-refractivity contribution >= 4 is 42.7 Å². The average Bonchev–Trinajstić information content (AvgIpc) is 2.76. The Bertz CT molecular complexity index is 864. The molecule has 3 aromatic rings. The third kappa shape index (κ3) is 2.13. The number of non-ortho nitro benzene ring substituents is 1. The molecule has 2 aromatic heterocycles. The molecule has 0 aliphatic heterocycles. The third-order valence-electron chi connectivity index (χ3n) is 2.96. The zero-order valence-electron chi connectivity index (χ0n) is 10.1. The second-order valence-electron chi connectivity index (χ2n) is 4.19. The van der Waals surface area contributed by atoms with E-state index in [0.29, 0.717) is 37.1 Å². The molecule has 1 aromatic carbocycles. The number of rotatable bonds is 2. The Morgan fingerprint density at radius 2 is 2.10 bits per heavy atom. The first-order valence-corrected chi connectivity index (χ1v) is 7.68. The molecule has 0 radical (unpaired) electrons. The van der Waals surface area contributed by atoms with Crippen LogP contribution in [0.15, 0.2) is 41.3 Å². The van der Waals surface area contributed by atoms with Gasteiger partial charge in [-0.2, -0.15) is 0 Å². The van der Waals surface area contributed by atoms with E-state index in [0.717, 1.165) is 11.1 Å².